The monoisotopic (exact) mass is 341 g/mol. The van der Waals surface area contributed by atoms with Crippen LogP contribution in [0.2, 0.25) is 0 Å². The molecule has 1 aliphatic rings. The molecule has 1 N–H and O–H groups in total. The van der Waals surface area contributed by atoms with Crippen molar-refractivity contribution in [3.63, 3.8) is 0 Å². The molecule has 0 unspecified atom stereocenters. The van der Waals surface area contributed by atoms with Gasteiger partial charge in [0, 0.05) is 17.8 Å². The van der Waals surface area contributed by atoms with E-state index in [1.807, 2.05) is 4.68 Å². The Bertz CT molecular complexity index is 657. The normalized spacial score (nSPS) is 16.4. The third kappa shape index (κ3) is 4.71. The minimum absolute atomic E-state index is 0.147. The van der Waals surface area contributed by atoms with Crippen LogP contribution in [0.4, 0.5) is 0 Å². The highest BCUT2D eigenvalue weighted by molar-refractivity contribution is 5.24. The van der Waals surface area contributed by atoms with Crippen LogP contribution in [-0.4, -0.2) is 39.5 Å². The Morgan fingerprint density at radius 3 is 2.52 bits per heavy atom. The van der Waals surface area contributed by atoms with Gasteiger partial charge in [-0.05, 0) is 64.1 Å². The number of aliphatic hydroxyl groups is 1. The summed E-state index contributed by atoms with van der Waals surface area (Å²) in [5.74, 6) is 0.857. The minimum atomic E-state index is 0.147. The Kier molecular flexibility index (Phi) is 6.27. The summed E-state index contributed by atoms with van der Waals surface area (Å²) in [6.45, 7) is 8.31. The van der Waals surface area contributed by atoms with Gasteiger partial charge >= 0.3 is 0 Å². The van der Waals surface area contributed by atoms with E-state index >= 15 is 0 Å². The molecule has 0 aliphatic carbocycles. The number of likely N-dealkylation sites (tertiary alicyclic amines) is 1. The molecule has 2 aromatic rings. The summed E-state index contributed by atoms with van der Waals surface area (Å²) in [6, 6.07) is 10.9. The zero-order valence-electron chi connectivity index (χ0n) is 15.6. The molecule has 3 rings (SSSR count). The number of benzene rings is 1. The van der Waals surface area contributed by atoms with Crippen LogP contribution in [0.5, 0.6) is 0 Å². The number of hydrogen-bond acceptors (Lipinski definition) is 3. The van der Waals surface area contributed by atoms with Crippen LogP contribution in [0, 0.1) is 19.8 Å². The van der Waals surface area contributed by atoms with Gasteiger partial charge < -0.3 is 5.11 Å². The maximum absolute atomic E-state index is 9.16. The van der Waals surface area contributed by atoms with Gasteiger partial charge in [-0.1, -0.05) is 30.3 Å². The maximum Gasteiger partial charge on any atom is 0.0644 e. The second-order valence-corrected chi connectivity index (χ2v) is 7.34. The molecule has 4 heteroatoms. The summed E-state index contributed by atoms with van der Waals surface area (Å²) >= 11 is 0. The lowest BCUT2D eigenvalue weighted by atomic mass is 9.90. The Hall–Kier alpha value is -1.65. The molecule has 4 nitrogen and oxygen atoms in total. The van der Waals surface area contributed by atoms with E-state index in [9.17, 15) is 0 Å². The van der Waals surface area contributed by atoms with Gasteiger partial charge in [-0.15, -0.1) is 0 Å². The van der Waals surface area contributed by atoms with Crippen molar-refractivity contribution >= 4 is 0 Å². The molecule has 0 amide bonds. The largest absolute Gasteiger partial charge is 0.394 e. The number of aliphatic hydroxyl groups excluding tert-OH is 1. The van der Waals surface area contributed by atoms with Gasteiger partial charge in [-0.3, -0.25) is 9.58 Å². The molecule has 1 aromatic carbocycles. The molecule has 0 bridgehead atoms. The van der Waals surface area contributed by atoms with Gasteiger partial charge in [-0.25, -0.2) is 0 Å². The number of aryl methyl sites for hydroxylation is 2. The summed E-state index contributed by atoms with van der Waals surface area (Å²) in [5.41, 5.74) is 5.12. The second kappa shape index (κ2) is 8.63. The predicted octanol–water partition coefficient (Wildman–Crippen LogP) is 3.34. The van der Waals surface area contributed by atoms with Crippen LogP contribution in [0.15, 0.2) is 30.3 Å². The zero-order valence-corrected chi connectivity index (χ0v) is 15.6. The van der Waals surface area contributed by atoms with Crippen LogP contribution in [0.3, 0.4) is 0 Å². The fourth-order valence-electron chi connectivity index (χ4n) is 3.95. The Morgan fingerprint density at radius 1 is 1.12 bits per heavy atom. The van der Waals surface area contributed by atoms with Crippen molar-refractivity contribution in [2.24, 2.45) is 5.92 Å². The van der Waals surface area contributed by atoms with E-state index in [0.29, 0.717) is 6.54 Å². The fraction of sp³-hybridized carbons (Fsp3) is 0.571. The molecule has 25 heavy (non-hydrogen) atoms. The van der Waals surface area contributed by atoms with E-state index in [0.717, 1.165) is 18.2 Å². The highest BCUT2D eigenvalue weighted by Gasteiger charge is 2.21. The van der Waals surface area contributed by atoms with E-state index in [1.54, 1.807) is 0 Å². The summed E-state index contributed by atoms with van der Waals surface area (Å²) < 4.78 is 1.94. The third-order valence-corrected chi connectivity index (χ3v) is 5.62. The maximum atomic E-state index is 9.16. The van der Waals surface area contributed by atoms with Crippen molar-refractivity contribution in [2.45, 2.75) is 52.6 Å². The van der Waals surface area contributed by atoms with Crippen molar-refractivity contribution in [1.29, 1.82) is 0 Å². The molecular weight excluding hydrogens is 310 g/mol. The summed E-state index contributed by atoms with van der Waals surface area (Å²) in [7, 11) is 0. The highest BCUT2D eigenvalue weighted by atomic mass is 16.3. The van der Waals surface area contributed by atoms with Crippen molar-refractivity contribution in [3.8, 4) is 0 Å². The lowest BCUT2D eigenvalue weighted by Crippen LogP contribution is -2.33. The molecule has 0 atom stereocenters. The third-order valence-electron chi connectivity index (χ3n) is 5.62. The summed E-state index contributed by atoms with van der Waals surface area (Å²) in [4.78, 5) is 2.57. The van der Waals surface area contributed by atoms with E-state index in [-0.39, 0.29) is 6.61 Å². The Labute approximate surface area is 151 Å². The first-order valence-electron chi connectivity index (χ1n) is 9.57. The molecule has 1 saturated heterocycles. The van der Waals surface area contributed by atoms with E-state index in [1.165, 1.54) is 55.6 Å². The lowest BCUT2D eigenvalue weighted by molar-refractivity contribution is 0.172. The topological polar surface area (TPSA) is 41.3 Å². The smallest absolute Gasteiger partial charge is 0.0644 e. The van der Waals surface area contributed by atoms with Gasteiger partial charge in [0.2, 0.25) is 0 Å². The van der Waals surface area contributed by atoms with E-state index in [4.69, 9.17) is 5.11 Å². The zero-order chi connectivity index (χ0) is 17.6. The van der Waals surface area contributed by atoms with Crippen LogP contribution in [0.25, 0.3) is 0 Å². The van der Waals surface area contributed by atoms with Gasteiger partial charge in [-0.2, -0.15) is 5.10 Å². The summed E-state index contributed by atoms with van der Waals surface area (Å²) in [6.07, 6.45) is 5.12. The van der Waals surface area contributed by atoms with E-state index in [2.05, 4.69) is 54.2 Å². The molecule has 2 heterocycles. The van der Waals surface area contributed by atoms with E-state index < -0.39 is 0 Å². The Morgan fingerprint density at radius 2 is 1.84 bits per heavy atom. The lowest BCUT2D eigenvalue weighted by Gasteiger charge is -2.32. The molecular formula is C21H31N3O. The first kappa shape index (κ1) is 18.2. The van der Waals surface area contributed by atoms with Crippen molar-refractivity contribution in [3.05, 3.63) is 52.8 Å². The fourth-order valence-corrected chi connectivity index (χ4v) is 3.95. The second-order valence-electron chi connectivity index (χ2n) is 7.34. The number of piperidine rings is 1. The first-order chi connectivity index (χ1) is 12.2. The molecule has 1 aromatic heterocycles. The van der Waals surface area contributed by atoms with Crippen LogP contribution < -0.4 is 0 Å². The molecule has 1 fully saturated rings. The standard InChI is InChI=1S/C21H31N3O/c1-17-21(18(2)24(22-17)14-15-25)16-23-12-10-20(11-13-23)9-8-19-6-4-3-5-7-19/h3-7,20,25H,8-16H2,1-2H3. The first-order valence-corrected chi connectivity index (χ1v) is 9.57. The number of rotatable bonds is 7. The average molecular weight is 341 g/mol. The van der Waals surface area contributed by atoms with Gasteiger partial charge in [0.25, 0.3) is 0 Å². The van der Waals surface area contributed by atoms with Gasteiger partial charge in [0.1, 0.15) is 0 Å². The SMILES string of the molecule is Cc1nn(CCO)c(C)c1CN1CCC(CCc2ccccc2)CC1. The molecule has 136 valence electrons. The molecule has 0 saturated carbocycles. The number of hydrogen-bond donors (Lipinski definition) is 1. The summed E-state index contributed by atoms with van der Waals surface area (Å²) in [5, 5.41) is 13.7. The van der Waals surface area contributed by atoms with Crippen LogP contribution in [0.1, 0.15) is 41.8 Å². The molecule has 0 radical (unpaired) electrons. The average Bonchev–Trinajstić information content (AvgIpc) is 2.90. The van der Waals surface area contributed by atoms with Crippen molar-refractivity contribution < 1.29 is 5.11 Å². The number of aromatic nitrogens is 2. The highest BCUT2D eigenvalue weighted by Crippen LogP contribution is 2.25. The van der Waals surface area contributed by atoms with Crippen molar-refractivity contribution in [2.75, 3.05) is 19.7 Å². The predicted molar refractivity (Wildman–Crippen MR) is 102 cm³/mol. The van der Waals surface area contributed by atoms with Crippen molar-refractivity contribution in [1.82, 2.24) is 14.7 Å². The minimum Gasteiger partial charge on any atom is -0.394 e. The van der Waals surface area contributed by atoms with Crippen LogP contribution in [-0.2, 0) is 19.5 Å². The van der Waals surface area contributed by atoms with Gasteiger partial charge in [0.15, 0.2) is 0 Å². The number of nitrogens with zero attached hydrogens (tertiary/aromatic N) is 3. The van der Waals surface area contributed by atoms with Crippen LogP contribution >= 0.6 is 0 Å². The van der Waals surface area contributed by atoms with Gasteiger partial charge in [0.05, 0.1) is 18.8 Å². The Balaban J connectivity index is 1.48. The molecule has 0 spiro atoms. The molecule has 1 aliphatic heterocycles. The quantitative estimate of drug-likeness (QED) is 0.840.